The number of rotatable bonds is 4. The van der Waals surface area contributed by atoms with Gasteiger partial charge in [-0.1, -0.05) is 0 Å². The Bertz CT molecular complexity index is 490. The van der Waals surface area contributed by atoms with Crippen molar-refractivity contribution in [2.24, 2.45) is 0 Å². The van der Waals surface area contributed by atoms with Crippen LogP contribution in [0.3, 0.4) is 0 Å². The van der Waals surface area contributed by atoms with E-state index in [1.54, 1.807) is 13.1 Å². The number of carbonyl (C=O) groups excluding carboxylic acids is 1. The van der Waals surface area contributed by atoms with Gasteiger partial charge in [-0.15, -0.1) is 11.3 Å². The lowest BCUT2D eigenvalue weighted by atomic mass is 9.94. The quantitative estimate of drug-likeness (QED) is 0.884. The van der Waals surface area contributed by atoms with Gasteiger partial charge in [0.1, 0.15) is 16.0 Å². The predicted molar refractivity (Wildman–Crippen MR) is 77.9 cm³/mol. The number of amides is 1. The van der Waals surface area contributed by atoms with Crippen molar-refractivity contribution in [3.05, 3.63) is 16.1 Å². The van der Waals surface area contributed by atoms with Crippen LogP contribution in [0.2, 0.25) is 0 Å². The number of nitrogens with one attached hydrogen (secondary N) is 1. The number of thiazole rings is 1. The largest absolute Gasteiger partial charge is 0.386 e. The molecule has 0 bridgehead atoms. The summed E-state index contributed by atoms with van der Waals surface area (Å²) >= 11 is 1.27. The van der Waals surface area contributed by atoms with Gasteiger partial charge < -0.3 is 10.4 Å². The number of hydrogen-bond acceptors (Lipinski definition) is 5. The number of hydrogen-bond donors (Lipinski definition) is 2. The van der Waals surface area contributed by atoms with Gasteiger partial charge in [0.2, 0.25) is 0 Å². The van der Waals surface area contributed by atoms with Gasteiger partial charge in [-0.3, -0.25) is 9.69 Å². The molecule has 1 aromatic rings. The topological polar surface area (TPSA) is 65.5 Å². The zero-order valence-electron chi connectivity index (χ0n) is 11.8. The summed E-state index contributed by atoms with van der Waals surface area (Å²) in [5.41, 5.74) is 0.202. The summed E-state index contributed by atoms with van der Waals surface area (Å²) in [5.74, 6) is -0.0671. The number of aliphatic hydroxyl groups excluding tert-OH is 1. The Morgan fingerprint density at radius 2 is 2.25 bits per heavy atom. The summed E-state index contributed by atoms with van der Waals surface area (Å²) in [6.45, 7) is 4.73. The average Bonchev–Trinajstić information content (AvgIpc) is 3.10. The summed E-state index contributed by atoms with van der Waals surface area (Å²) < 4.78 is 0. The van der Waals surface area contributed by atoms with Crippen molar-refractivity contribution in [1.82, 2.24) is 15.2 Å². The molecular formula is C14H21N3O2S. The van der Waals surface area contributed by atoms with Crippen molar-refractivity contribution >= 4 is 17.2 Å². The van der Waals surface area contributed by atoms with Crippen LogP contribution >= 0.6 is 11.3 Å². The van der Waals surface area contributed by atoms with Gasteiger partial charge in [0.25, 0.3) is 5.91 Å². The van der Waals surface area contributed by atoms with E-state index in [1.807, 2.05) is 0 Å². The highest BCUT2D eigenvalue weighted by Crippen LogP contribution is 2.38. The lowest BCUT2D eigenvalue weighted by Crippen LogP contribution is -2.48. The Morgan fingerprint density at radius 1 is 1.55 bits per heavy atom. The normalized spacial score (nSPS) is 22.7. The Morgan fingerprint density at radius 3 is 2.85 bits per heavy atom. The fraction of sp³-hybridized carbons (Fsp3) is 0.714. The molecule has 1 atom stereocenters. The van der Waals surface area contributed by atoms with Crippen LogP contribution in [0.4, 0.5) is 0 Å². The zero-order valence-corrected chi connectivity index (χ0v) is 12.6. The van der Waals surface area contributed by atoms with Crippen molar-refractivity contribution in [2.45, 2.75) is 44.2 Å². The summed E-state index contributed by atoms with van der Waals surface area (Å²) in [4.78, 5) is 19.4. The van der Waals surface area contributed by atoms with E-state index in [1.165, 1.54) is 50.1 Å². The molecule has 3 heterocycles. The Balaban J connectivity index is 1.61. The summed E-state index contributed by atoms with van der Waals surface area (Å²) in [6, 6.07) is 0. The number of fused-ring (bicyclic) bond motifs is 1. The minimum atomic E-state index is -0.611. The van der Waals surface area contributed by atoms with Crippen LogP contribution < -0.4 is 5.32 Å². The zero-order chi connectivity index (χ0) is 14.2. The first-order chi connectivity index (χ1) is 9.61. The van der Waals surface area contributed by atoms with Crippen molar-refractivity contribution in [3.63, 3.8) is 0 Å². The van der Waals surface area contributed by atoms with Gasteiger partial charge in [-0.25, -0.2) is 4.98 Å². The van der Waals surface area contributed by atoms with E-state index >= 15 is 0 Å². The maximum atomic E-state index is 12.2. The first-order valence-electron chi connectivity index (χ1n) is 7.28. The molecular weight excluding hydrogens is 274 g/mol. The van der Waals surface area contributed by atoms with Crippen LogP contribution in [-0.4, -0.2) is 46.1 Å². The molecule has 1 unspecified atom stereocenters. The molecule has 2 aliphatic rings. The number of aliphatic hydroxyl groups is 1. The second-order valence-corrected chi connectivity index (χ2v) is 6.90. The molecule has 5 nitrogen and oxygen atoms in total. The van der Waals surface area contributed by atoms with E-state index in [4.69, 9.17) is 0 Å². The minimum absolute atomic E-state index is 0.0671. The van der Waals surface area contributed by atoms with Gasteiger partial charge in [0, 0.05) is 12.1 Å². The Labute approximate surface area is 123 Å². The van der Waals surface area contributed by atoms with Gasteiger partial charge in [-0.05, 0) is 45.7 Å². The Hall–Kier alpha value is -0.980. The number of carbonyl (C=O) groups is 1. The highest BCUT2D eigenvalue weighted by molar-refractivity contribution is 7.13. The fourth-order valence-electron chi connectivity index (χ4n) is 3.43. The van der Waals surface area contributed by atoms with Gasteiger partial charge in [0.15, 0.2) is 0 Å². The molecule has 0 saturated carbocycles. The SMILES string of the molecule is CC(O)c1ncc(C(=O)NCC23CCCN2CCC3)s1. The van der Waals surface area contributed by atoms with Crippen LogP contribution in [0.25, 0.3) is 0 Å². The summed E-state index contributed by atoms with van der Waals surface area (Å²) in [5, 5.41) is 13.1. The third-order valence-electron chi connectivity index (χ3n) is 4.49. The number of aromatic nitrogens is 1. The monoisotopic (exact) mass is 295 g/mol. The third-order valence-corrected chi connectivity index (χ3v) is 5.66. The lowest BCUT2D eigenvalue weighted by Gasteiger charge is -2.32. The van der Waals surface area contributed by atoms with E-state index in [-0.39, 0.29) is 11.4 Å². The maximum absolute atomic E-state index is 12.2. The van der Waals surface area contributed by atoms with Crippen LogP contribution in [-0.2, 0) is 0 Å². The van der Waals surface area contributed by atoms with E-state index in [2.05, 4.69) is 15.2 Å². The van der Waals surface area contributed by atoms with Crippen molar-refractivity contribution in [2.75, 3.05) is 19.6 Å². The number of nitrogens with zero attached hydrogens (tertiary/aromatic N) is 2. The van der Waals surface area contributed by atoms with Gasteiger partial charge in [-0.2, -0.15) is 0 Å². The second kappa shape index (κ2) is 5.42. The molecule has 0 radical (unpaired) electrons. The Kier molecular flexibility index (Phi) is 3.79. The molecule has 3 rings (SSSR count). The molecule has 0 aliphatic carbocycles. The van der Waals surface area contributed by atoms with E-state index in [0.29, 0.717) is 9.88 Å². The van der Waals surface area contributed by atoms with Crippen LogP contribution in [0.15, 0.2) is 6.20 Å². The predicted octanol–water partition coefficient (Wildman–Crippen LogP) is 1.55. The smallest absolute Gasteiger partial charge is 0.263 e. The van der Waals surface area contributed by atoms with E-state index < -0.39 is 6.10 Å². The first kappa shape index (κ1) is 14.0. The molecule has 2 aliphatic heterocycles. The molecule has 0 aromatic carbocycles. The van der Waals surface area contributed by atoms with Crippen molar-refractivity contribution < 1.29 is 9.90 Å². The highest BCUT2D eigenvalue weighted by Gasteiger charge is 2.44. The minimum Gasteiger partial charge on any atom is -0.386 e. The van der Waals surface area contributed by atoms with Gasteiger partial charge >= 0.3 is 0 Å². The maximum Gasteiger partial charge on any atom is 0.263 e. The molecule has 110 valence electrons. The molecule has 20 heavy (non-hydrogen) atoms. The molecule has 1 amide bonds. The molecule has 2 fully saturated rings. The molecule has 6 heteroatoms. The standard InChI is InChI=1S/C14H21N3O2S/c1-10(18)13-15-8-11(20-13)12(19)16-9-14-4-2-6-17(14)7-3-5-14/h8,10,18H,2-7,9H2,1H3,(H,16,19). The van der Waals surface area contributed by atoms with Crippen molar-refractivity contribution in [1.29, 1.82) is 0 Å². The summed E-state index contributed by atoms with van der Waals surface area (Å²) in [7, 11) is 0. The third kappa shape index (κ3) is 2.47. The molecule has 1 aromatic heterocycles. The van der Waals surface area contributed by atoms with E-state index in [9.17, 15) is 9.90 Å². The highest BCUT2D eigenvalue weighted by atomic mass is 32.1. The average molecular weight is 295 g/mol. The first-order valence-corrected chi connectivity index (χ1v) is 8.09. The second-order valence-electron chi connectivity index (χ2n) is 5.84. The molecule has 0 spiro atoms. The van der Waals surface area contributed by atoms with Gasteiger partial charge in [0.05, 0.1) is 6.20 Å². The fourth-order valence-corrected chi connectivity index (χ4v) is 4.20. The summed E-state index contributed by atoms with van der Waals surface area (Å²) in [6.07, 6.45) is 5.80. The van der Waals surface area contributed by atoms with E-state index in [0.717, 1.165) is 6.54 Å². The molecule has 2 N–H and O–H groups in total. The van der Waals surface area contributed by atoms with Crippen LogP contribution in [0.5, 0.6) is 0 Å². The lowest BCUT2D eigenvalue weighted by molar-refractivity contribution is 0.0923. The van der Waals surface area contributed by atoms with Crippen molar-refractivity contribution in [3.8, 4) is 0 Å². The van der Waals surface area contributed by atoms with Crippen LogP contribution in [0, 0.1) is 0 Å². The van der Waals surface area contributed by atoms with Crippen LogP contribution in [0.1, 0.15) is 53.4 Å². The molecule has 2 saturated heterocycles.